The minimum atomic E-state index is -0.0937. The topological polar surface area (TPSA) is 67.6 Å². The molecule has 6 heteroatoms. The van der Waals surface area contributed by atoms with Gasteiger partial charge in [0.05, 0.1) is 25.5 Å². The summed E-state index contributed by atoms with van der Waals surface area (Å²) in [6.45, 7) is 1.21. The number of hydrogen-bond donors (Lipinski definition) is 1. The lowest BCUT2D eigenvalue weighted by Crippen LogP contribution is -2.28. The van der Waals surface area contributed by atoms with Crippen molar-refractivity contribution >= 4 is 12.0 Å². The second-order valence-electron chi connectivity index (χ2n) is 3.81. The number of aromatic nitrogens is 2. The van der Waals surface area contributed by atoms with Crippen LogP contribution in [-0.4, -0.2) is 59.1 Å². The van der Waals surface area contributed by atoms with E-state index in [1.54, 1.807) is 28.9 Å². The van der Waals surface area contributed by atoms with E-state index in [2.05, 4.69) is 5.10 Å². The fourth-order valence-electron chi connectivity index (χ4n) is 1.31. The molecule has 18 heavy (non-hydrogen) atoms. The van der Waals surface area contributed by atoms with Gasteiger partial charge < -0.3 is 14.7 Å². The summed E-state index contributed by atoms with van der Waals surface area (Å²) in [4.78, 5) is 13.3. The lowest BCUT2D eigenvalue weighted by Gasteiger charge is -2.14. The lowest BCUT2D eigenvalue weighted by molar-refractivity contribution is -0.125. The maximum Gasteiger partial charge on any atom is 0.246 e. The van der Waals surface area contributed by atoms with Crippen LogP contribution in [0, 0.1) is 0 Å². The number of aliphatic hydroxyl groups excluding tert-OH is 1. The van der Waals surface area contributed by atoms with Crippen molar-refractivity contribution in [3.8, 4) is 0 Å². The average molecular weight is 253 g/mol. The third kappa shape index (κ3) is 4.68. The Labute approximate surface area is 106 Å². The summed E-state index contributed by atoms with van der Waals surface area (Å²) in [5, 5.41) is 12.5. The first-order chi connectivity index (χ1) is 8.65. The minimum Gasteiger partial charge on any atom is -0.394 e. The second-order valence-corrected chi connectivity index (χ2v) is 3.81. The molecule has 1 amide bonds. The molecule has 1 aromatic rings. The molecule has 0 aliphatic heterocycles. The van der Waals surface area contributed by atoms with Gasteiger partial charge in [0.2, 0.25) is 5.91 Å². The smallest absolute Gasteiger partial charge is 0.246 e. The second kappa shape index (κ2) is 7.62. The summed E-state index contributed by atoms with van der Waals surface area (Å²) in [5.41, 5.74) is 0.869. The highest BCUT2D eigenvalue weighted by Crippen LogP contribution is 2.00. The maximum absolute atomic E-state index is 11.7. The van der Waals surface area contributed by atoms with Crippen molar-refractivity contribution < 1.29 is 14.6 Å². The number of hydrogen-bond acceptors (Lipinski definition) is 4. The van der Waals surface area contributed by atoms with Crippen molar-refractivity contribution in [2.75, 3.05) is 33.4 Å². The van der Waals surface area contributed by atoms with Crippen LogP contribution in [0.4, 0.5) is 0 Å². The molecule has 6 nitrogen and oxygen atoms in total. The third-order valence-corrected chi connectivity index (χ3v) is 2.44. The van der Waals surface area contributed by atoms with Gasteiger partial charge in [0.25, 0.3) is 0 Å². The van der Waals surface area contributed by atoms with Crippen LogP contribution in [-0.2, 0) is 16.6 Å². The van der Waals surface area contributed by atoms with E-state index in [0.717, 1.165) is 5.69 Å². The molecule has 1 rings (SSSR count). The molecule has 1 heterocycles. The molecule has 0 aromatic carbocycles. The molecule has 0 saturated carbocycles. The van der Waals surface area contributed by atoms with E-state index in [-0.39, 0.29) is 12.5 Å². The van der Waals surface area contributed by atoms with Crippen molar-refractivity contribution in [1.82, 2.24) is 14.7 Å². The molecule has 0 aliphatic rings. The summed E-state index contributed by atoms with van der Waals surface area (Å²) in [7, 11) is 3.52. The van der Waals surface area contributed by atoms with Crippen LogP contribution in [0.25, 0.3) is 6.08 Å². The molecule has 0 aliphatic carbocycles. The fraction of sp³-hybridized carbons (Fsp3) is 0.500. The standard InChI is InChI=1S/C12H19N3O3/c1-14(7-9-18-10-8-16)12(17)4-3-11-5-6-13-15(11)2/h3-6,16H,7-10H2,1-2H3/b4-3+. The van der Waals surface area contributed by atoms with Crippen molar-refractivity contribution in [2.24, 2.45) is 7.05 Å². The highest BCUT2D eigenvalue weighted by atomic mass is 16.5. The Morgan fingerprint density at radius 3 is 3.00 bits per heavy atom. The van der Waals surface area contributed by atoms with Crippen LogP contribution in [0.15, 0.2) is 18.3 Å². The monoisotopic (exact) mass is 253 g/mol. The first-order valence-electron chi connectivity index (χ1n) is 5.75. The normalized spacial score (nSPS) is 11.1. The van der Waals surface area contributed by atoms with Crippen molar-refractivity contribution in [2.45, 2.75) is 0 Å². The van der Waals surface area contributed by atoms with Crippen molar-refractivity contribution in [3.63, 3.8) is 0 Å². The van der Waals surface area contributed by atoms with Crippen molar-refractivity contribution in [3.05, 3.63) is 24.0 Å². The summed E-state index contributed by atoms with van der Waals surface area (Å²) < 4.78 is 6.78. The van der Waals surface area contributed by atoms with E-state index in [1.807, 2.05) is 13.1 Å². The van der Waals surface area contributed by atoms with Crippen LogP contribution < -0.4 is 0 Å². The number of carbonyl (C=O) groups excluding carboxylic acids is 1. The van der Waals surface area contributed by atoms with E-state index in [9.17, 15) is 4.79 Å². The molecule has 100 valence electrons. The van der Waals surface area contributed by atoms with Gasteiger partial charge in [0.1, 0.15) is 0 Å². The number of aryl methyl sites for hydroxylation is 1. The molecule has 0 saturated heterocycles. The zero-order chi connectivity index (χ0) is 13.4. The van der Waals surface area contributed by atoms with Gasteiger partial charge in [0.15, 0.2) is 0 Å². The Hall–Kier alpha value is -1.66. The molecule has 0 atom stereocenters. The van der Waals surface area contributed by atoms with Crippen molar-refractivity contribution in [1.29, 1.82) is 0 Å². The van der Waals surface area contributed by atoms with Gasteiger partial charge in [-0.05, 0) is 12.1 Å². The van der Waals surface area contributed by atoms with Gasteiger partial charge in [-0.3, -0.25) is 9.48 Å². The number of amides is 1. The van der Waals surface area contributed by atoms with E-state index in [0.29, 0.717) is 19.8 Å². The Morgan fingerprint density at radius 2 is 2.39 bits per heavy atom. The molecule has 0 bridgehead atoms. The molecular weight excluding hydrogens is 234 g/mol. The molecular formula is C12H19N3O3. The number of rotatable bonds is 7. The first-order valence-corrected chi connectivity index (χ1v) is 5.75. The van der Waals surface area contributed by atoms with E-state index < -0.39 is 0 Å². The number of nitrogens with zero attached hydrogens (tertiary/aromatic N) is 3. The molecule has 0 unspecified atom stereocenters. The minimum absolute atomic E-state index is 0.00193. The van der Waals surface area contributed by atoms with Gasteiger partial charge in [-0.1, -0.05) is 0 Å². The first kappa shape index (κ1) is 14.4. The van der Waals surface area contributed by atoms with Crippen LogP contribution in [0.5, 0.6) is 0 Å². The van der Waals surface area contributed by atoms with E-state index in [1.165, 1.54) is 6.08 Å². The van der Waals surface area contributed by atoms with Gasteiger partial charge in [-0.2, -0.15) is 5.10 Å². The van der Waals surface area contributed by atoms with Gasteiger partial charge >= 0.3 is 0 Å². The average Bonchev–Trinajstić information content (AvgIpc) is 2.77. The Morgan fingerprint density at radius 1 is 1.61 bits per heavy atom. The Kier molecular flexibility index (Phi) is 6.10. The number of ether oxygens (including phenoxy) is 1. The number of carbonyl (C=O) groups is 1. The van der Waals surface area contributed by atoms with E-state index >= 15 is 0 Å². The molecule has 0 fully saturated rings. The molecule has 0 spiro atoms. The zero-order valence-corrected chi connectivity index (χ0v) is 10.7. The lowest BCUT2D eigenvalue weighted by atomic mass is 10.3. The Balaban J connectivity index is 2.35. The van der Waals surface area contributed by atoms with Crippen LogP contribution in [0.3, 0.4) is 0 Å². The maximum atomic E-state index is 11.7. The largest absolute Gasteiger partial charge is 0.394 e. The van der Waals surface area contributed by atoms with Crippen LogP contribution in [0.2, 0.25) is 0 Å². The van der Waals surface area contributed by atoms with E-state index in [4.69, 9.17) is 9.84 Å². The zero-order valence-electron chi connectivity index (χ0n) is 10.7. The van der Waals surface area contributed by atoms with Crippen LogP contribution >= 0.6 is 0 Å². The summed E-state index contributed by atoms with van der Waals surface area (Å²) in [6.07, 6.45) is 4.90. The quantitative estimate of drug-likeness (QED) is 0.544. The predicted octanol–water partition coefficient (Wildman–Crippen LogP) is -0.0994. The summed E-state index contributed by atoms with van der Waals surface area (Å²) in [6, 6.07) is 1.83. The molecule has 0 radical (unpaired) electrons. The number of likely N-dealkylation sites (N-methyl/N-ethyl adjacent to an activating group) is 1. The molecule has 1 N–H and O–H groups in total. The van der Waals surface area contributed by atoms with Gasteiger partial charge in [0, 0.05) is 32.9 Å². The predicted molar refractivity (Wildman–Crippen MR) is 67.8 cm³/mol. The third-order valence-electron chi connectivity index (χ3n) is 2.44. The van der Waals surface area contributed by atoms with Crippen LogP contribution in [0.1, 0.15) is 5.69 Å². The summed E-state index contributed by atoms with van der Waals surface area (Å²) in [5.74, 6) is -0.0937. The SMILES string of the molecule is CN(CCOCCO)C(=O)/C=C/c1ccnn1C. The summed E-state index contributed by atoms with van der Waals surface area (Å²) >= 11 is 0. The highest BCUT2D eigenvalue weighted by Gasteiger charge is 2.04. The highest BCUT2D eigenvalue weighted by molar-refractivity contribution is 5.91. The molecule has 1 aromatic heterocycles. The van der Waals surface area contributed by atoms with Gasteiger partial charge in [-0.15, -0.1) is 0 Å². The fourth-order valence-corrected chi connectivity index (χ4v) is 1.31. The Bertz CT molecular complexity index is 401. The van der Waals surface area contributed by atoms with Gasteiger partial charge in [-0.25, -0.2) is 0 Å². The number of aliphatic hydroxyl groups is 1.